The average molecular weight is 1380 g/mol. The molecule has 22 nitrogen and oxygen atoms in total. The zero-order chi connectivity index (χ0) is 70.8. The van der Waals surface area contributed by atoms with Crippen LogP contribution < -0.4 is 24.4 Å². The summed E-state index contributed by atoms with van der Waals surface area (Å²) < 4.78 is 62.1. The maximum absolute atomic E-state index is 12.8. The van der Waals surface area contributed by atoms with Crippen molar-refractivity contribution in [1.29, 1.82) is 0 Å². The Bertz CT molecular complexity index is 3520. The van der Waals surface area contributed by atoms with Crippen LogP contribution in [0.2, 0.25) is 56.4 Å². The normalized spacial score (nSPS) is 16.3. The second kappa shape index (κ2) is 31.7. The van der Waals surface area contributed by atoms with Gasteiger partial charge in [0.25, 0.3) is 0 Å². The number of carbonyl (C=O) groups excluding carboxylic acids is 2. The molecule has 6 aromatic heterocycles. The Hall–Kier alpha value is -6.35. The van der Waals surface area contributed by atoms with Gasteiger partial charge in [-0.05, 0) is 184 Å². The van der Waals surface area contributed by atoms with Crippen LogP contribution in [-0.4, -0.2) is 146 Å². The van der Waals surface area contributed by atoms with Gasteiger partial charge in [0.05, 0.1) is 34.1 Å². The predicted octanol–water partition coefficient (Wildman–Crippen LogP) is 14.4. The van der Waals surface area contributed by atoms with E-state index in [-0.39, 0.29) is 44.1 Å². The molecule has 2 aliphatic carbocycles. The van der Waals surface area contributed by atoms with E-state index in [9.17, 15) is 9.59 Å². The summed E-state index contributed by atoms with van der Waals surface area (Å²) >= 11 is 5.88. The van der Waals surface area contributed by atoms with Gasteiger partial charge in [-0.2, -0.15) is 19.3 Å². The van der Waals surface area contributed by atoms with Gasteiger partial charge in [-0.3, -0.25) is 19.6 Å². The van der Waals surface area contributed by atoms with Gasteiger partial charge in [-0.25, -0.2) is 9.97 Å². The molecule has 0 unspecified atom stereocenters. The molecule has 6 aromatic rings. The molecule has 0 radical (unpaired) electrons. The molecule has 1 aliphatic heterocycles. The number of ether oxygens (including phenoxy) is 8. The fraction of sp³-hybridized carbons (Fsp3) is 0.629. The Balaban J connectivity index is 0.000000214. The molecule has 0 bridgehead atoms. The molecule has 26 heteroatoms. The lowest BCUT2D eigenvalue weighted by atomic mass is 9.69. The summed E-state index contributed by atoms with van der Waals surface area (Å²) in [4.78, 5) is 52.4. The van der Waals surface area contributed by atoms with E-state index in [0.29, 0.717) is 66.1 Å². The van der Waals surface area contributed by atoms with Gasteiger partial charge in [-0.1, -0.05) is 63.7 Å². The molecule has 2 saturated carbocycles. The van der Waals surface area contributed by atoms with Gasteiger partial charge in [0.1, 0.15) is 54.4 Å². The summed E-state index contributed by atoms with van der Waals surface area (Å²) in [6, 6.07) is 14.2. The van der Waals surface area contributed by atoms with Gasteiger partial charge in [-0.15, -0.1) is 10.2 Å². The molecule has 3 aliphatic rings. The number of halogens is 1. The minimum Gasteiger partial charge on any atom is -0.476 e. The zero-order valence-corrected chi connectivity index (χ0v) is 63.9. The third-order valence-corrected chi connectivity index (χ3v) is 20.3. The summed E-state index contributed by atoms with van der Waals surface area (Å²) in [5.74, 6) is 1.63. The number of carbonyl (C=O) groups is 2. The largest absolute Gasteiger partial charge is 0.496 e. The van der Waals surface area contributed by atoms with Crippen molar-refractivity contribution < 1.29 is 56.8 Å². The van der Waals surface area contributed by atoms with Crippen LogP contribution in [0.3, 0.4) is 0 Å². The first-order valence-corrected chi connectivity index (χ1v) is 41.4. The second-order valence-electron chi connectivity index (χ2n) is 31.4. The molecule has 0 spiro atoms. The van der Waals surface area contributed by atoms with E-state index in [1.165, 1.54) is 0 Å². The minimum absolute atomic E-state index is 0.000888. The van der Waals surface area contributed by atoms with Crippen molar-refractivity contribution in [3.8, 4) is 57.9 Å². The first-order valence-electron chi connectivity index (χ1n) is 33.6. The quantitative estimate of drug-likeness (QED) is 0.0278. The van der Waals surface area contributed by atoms with Crippen LogP contribution >= 0.6 is 11.6 Å². The second-order valence-corrected chi connectivity index (χ2v) is 43.1. The zero-order valence-electron chi connectivity index (χ0n) is 61.2. The third kappa shape index (κ3) is 22.1. The van der Waals surface area contributed by atoms with Crippen molar-refractivity contribution in [1.82, 2.24) is 49.5 Å². The lowest BCUT2D eigenvalue weighted by Gasteiger charge is -2.40. The maximum Gasteiger partial charge on any atom is 0.496 e. The number of hydrogen-bond donors (Lipinski definition) is 0. The summed E-state index contributed by atoms with van der Waals surface area (Å²) in [6.45, 7) is 47.7. The van der Waals surface area contributed by atoms with E-state index in [4.69, 9.17) is 58.8 Å². The van der Waals surface area contributed by atoms with E-state index < -0.39 is 56.5 Å². The lowest BCUT2D eigenvalue weighted by Crippen LogP contribution is -2.46. The van der Waals surface area contributed by atoms with Crippen molar-refractivity contribution in [3.63, 3.8) is 0 Å². The Morgan fingerprint density at radius 3 is 1.45 bits per heavy atom. The van der Waals surface area contributed by atoms with Crippen LogP contribution in [0.25, 0.3) is 34.2 Å². The monoisotopic (exact) mass is 1380 g/mol. The standard InChI is InChI=1S/C32H47N5O5Si.C22H34BNO5.C16H25ClN4O2Si/c1-22(2)41-30-35-28(36-37(30)21-39-15-16-43(7,8)9)24-11-12-26(33-18-24)25-19-34-27(17-23(25)3)40-20-32(13-10-14-32)29(38)42-31(4,5)6;1-15-12-17(24-13-16(15)23-28-20(5,6)21(7,8)29-23)26-14-22(10-9-11-22)18(25)27-19(2,3)4;1-12(2)23-16-19-15(14-7-6-13(17)10-18-14)20-21(16)11-22-8-9-24(3,4)5/h11-12,17-19,22H,10,13-16,20-21H2,1-9H3;12-13H,9-11,14H2,1-8H3;6-7,10,12H,8-9,11H2,1-5H3. The summed E-state index contributed by atoms with van der Waals surface area (Å²) in [6.07, 6.45) is 11.9. The fourth-order valence-corrected chi connectivity index (χ4v) is 11.5. The Morgan fingerprint density at radius 1 is 0.604 bits per heavy atom. The van der Waals surface area contributed by atoms with E-state index in [2.05, 4.69) is 79.4 Å². The van der Waals surface area contributed by atoms with Crippen LogP contribution in [0.1, 0.15) is 147 Å². The topological polar surface area (TPSA) is 239 Å². The smallest absolute Gasteiger partial charge is 0.476 e. The molecule has 526 valence electrons. The van der Waals surface area contributed by atoms with Crippen LogP contribution in [0.4, 0.5) is 0 Å². The van der Waals surface area contributed by atoms with Crippen LogP contribution in [-0.2, 0) is 51.3 Å². The SMILES string of the molecule is CC(C)Oc1nc(-c2ccc(Cl)cn2)nn1COCC[Si](C)(C)C.Cc1cc(OCC2(C(=O)OC(C)(C)C)CCC2)ncc1-c1ccc(-c2nc(OC(C)C)n(COCC[Si](C)(C)C)n2)cn1.Cc1cc(OCC2(C(=O)OC(C)(C)C)CCC2)ncc1B1OC(C)(C)C(C)(C)O1. The Labute approximate surface area is 576 Å². The first kappa shape index (κ1) is 77.0. The molecular weight excluding hydrogens is 1280 g/mol. The van der Waals surface area contributed by atoms with Crippen molar-refractivity contribution in [2.24, 2.45) is 10.8 Å². The highest BCUT2D eigenvalue weighted by atomic mass is 35.5. The minimum atomic E-state index is -1.18. The first-order chi connectivity index (χ1) is 44.6. The predicted molar refractivity (Wildman–Crippen MR) is 379 cm³/mol. The van der Waals surface area contributed by atoms with E-state index >= 15 is 0 Å². The summed E-state index contributed by atoms with van der Waals surface area (Å²) in [7, 11) is -2.75. The highest BCUT2D eigenvalue weighted by Gasteiger charge is 2.53. The molecular formula is C70H106BClN10O12Si2. The van der Waals surface area contributed by atoms with Crippen LogP contribution in [0.15, 0.2) is 61.2 Å². The van der Waals surface area contributed by atoms with Crippen LogP contribution in [0.5, 0.6) is 23.8 Å². The van der Waals surface area contributed by atoms with Crippen LogP contribution in [0, 0.1) is 24.7 Å². The molecule has 0 atom stereocenters. The molecule has 9 rings (SSSR count). The molecule has 3 fully saturated rings. The van der Waals surface area contributed by atoms with Gasteiger partial charge >= 0.3 is 31.1 Å². The van der Waals surface area contributed by atoms with Gasteiger partial charge in [0, 0.05) is 82.9 Å². The van der Waals surface area contributed by atoms with Crippen molar-refractivity contribution >= 4 is 52.3 Å². The number of pyridine rings is 4. The summed E-state index contributed by atoms with van der Waals surface area (Å²) in [5.41, 5.74) is 2.94. The molecule has 96 heavy (non-hydrogen) atoms. The van der Waals surface area contributed by atoms with E-state index in [1.54, 1.807) is 46.3 Å². The number of hydrogen-bond acceptors (Lipinski definition) is 20. The molecule has 0 N–H and O–H groups in total. The highest BCUT2D eigenvalue weighted by Crippen LogP contribution is 2.45. The number of nitrogens with zero attached hydrogens (tertiary/aromatic N) is 10. The highest BCUT2D eigenvalue weighted by molar-refractivity contribution is 6.76. The maximum atomic E-state index is 12.8. The Kier molecular flexibility index (Phi) is 25.4. The molecule has 0 amide bonds. The van der Waals surface area contributed by atoms with Crippen molar-refractivity contribution in [3.05, 3.63) is 77.3 Å². The van der Waals surface area contributed by atoms with Crippen molar-refractivity contribution in [2.75, 3.05) is 26.4 Å². The molecule has 0 aromatic carbocycles. The molecule has 1 saturated heterocycles. The molecule has 7 heterocycles. The number of aromatic nitrogens is 10. The average Bonchev–Trinajstić information content (AvgIpc) is 1.46. The van der Waals surface area contributed by atoms with Gasteiger partial charge in [0.15, 0.2) is 5.82 Å². The van der Waals surface area contributed by atoms with Crippen molar-refractivity contribution in [2.45, 2.75) is 249 Å². The fourth-order valence-electron chi connectivity index (χ4n) is 9.84. The summed E-state index contributed by atoms with van der Waals surface area (Å²) in [5, 5.41) is 9.68. The lowest BCUT2D eigenvalue weighted by molar-refractivity contribution is -0.177. The van der Waals surface area contributed by atoms with Gasteiger partial charge < -0.3 is 47.2 Å². The van der Waals surface area contributed by atoms with Gasteiger partial charge in [0.2, 0.25) is 17.6 Å². The third-order valence-electron chi connectivity index (χ3n) is 16.6. The Morgan fingerprint density at radius 2 is 1.05 bits per heavy atom. The van der Waals surface area contributed by atoms with E-state index in [0.717, 1.165) is 84.0 Å². The number of rotatable bonds is 26. The van der Waals surface area contributed by atoms with E-state index in [1.807, 2.05) is 135 Å². The number of esters is 2. The number of aryl methyl sites for hydroxylation is 2.